The van der Waals surface area contributed by atoms with Crippen LogP contribution in [-0.2, 0) is 4.74 Å². The minimum Gasteiger partial charge on any atom is -0.464 e. The SMILES string of the molecule is COC(=O)c1ncc(F)cc1-c1ccncc1. The van der Waals surface area contributed by atoms with E-state index < -0.39 is 11.8 Å². The topological polar surface area (TPSA) is 52.1 Å². The first kappa shape index (κ1) is 11.2. The summed E-state index contributed by atoms with van der Waals surface area (Å²) in [7, 11) is 1.25. The van der Waals surface area contributed by atoms with Gasteiger partial charge in [0.1, 0.15) is 5.82 Å². The molecule has 0 radical (unpaired) electrons. The maximum absolute atomic E-state index is 13.2. The van der Waals surface area contributed by atoms with Crippen LogP contribution in [-0.4, -0.2) is 23.0 Å². The highest BCUT2D eigenvalue weighted by Crippen LogP contribution is 2.22. The molecular formula is C12H9FN2O2. The Morgan fingerprint density at radius 3 is 2.71 bits per heavy atom. The highest BCUT2D eigenvalue weighted by molar-refractivity contribution is 5.95. The zero-order valence-corrected chi connectivity index (χ0v) is 9.05. The Balaban J connectivity index is 2.59. The quantitative estimate of drug-likeness (QED) is 0.744. The number of halogens is 1. The molecule has 2 aromatic rings. The molecule has 17 heavy (non-hydrogen) atoms. The van der Waals surface area contributed by atoms with Crippen molar-refractivity contribution < 1.29 is 13.9 Å². The smallest absolute Gasteiger partial charge is 0.357 e. The molecule has 0 N–H and O–H groups in total. The Bertz CT molecular complexity index is 543. The van der Waals surface area contributed by atoms with E-state index in [1.165, 1.54) is 13.2 Å². The van der Waals surface area contributed by atoms with E-state index in [9.17, 15) is 9.18 Å². The normalized spacial score (nSPS) is 10.0. The first-order valence-corrected chi connectivity index (χ1v) is 4.86. The molecule has 0 bridgehead atoms. The van der Waals surface area contributed by atoms with E-state index in [2.05, 4.69) is 14.7 Å². The van der Waals surface area contributed by atoms with E-state index in [1.54, 1.807) is 24.5 Å². The van der Waals surface area contributed by atoms with Crippen molar-refractivity contribution in [2.45, 2.75) is 0 Å². The minimum absolute atomic E-state index is 0.0834. The van der Waals surface area contributed by atoms with Crippen LogP contribution in [0.1, 0.15) is 10.5 Å². The predicted molar refractivity (Wildman–Crippen MR) is 58.8 cm³/mol. The number of esters is 1. The van der Waals surface area contributed by atoms with Crippen molar-refractivity contribution in [3.05, 3.63) is 48.3 Å². The second kappa shape index (κ2) is 4.69. The van der Waals surface area contributed by atoms with Crippen LogP contribution in [0.25, 0.3) is 11.1 Å². The maximum atomic E-state index is 13.2. The Kier molecular flexibility index (Phi) is 3.09. The number of carbonyl (C=O) groups is 1. The summed E-state index contributed by atoms with van der Waals surface area (Å²) >= 11 is 0. The van der Waals surface area contributed by atoms with E-state index in [0.717, 1.165) is 6.20 Å². The molecule has 0 saturated carbocycles. The Hall–Kier alpha value is -2.30. The van der Waals surface area contributed by atoms with Crippen molar-refractivity contribution in [1.82, 2.24) is 9.97 Å². The van der Waals surface area contributed by atoms with Crippen LogP contribution in [0.3, 0.4) is 0 Å². The summed E-state index contributed by atoms with van der Waals surface area (Å²) in [4.78, 5) is 19.1. The number of nitrogens with zero attached hydrogens (tertiary/aromatic N) is 2. The number of carbonyl (C=O) groups excluding carboxylic acids is 1. The van der Waals surface area contributed by atoms with Gasteiger partial charge in [-0.2, -0.15) is 0 Å². The van der Waals surface area contributed by atoms with Crippen LogP contribution in [0.2, 0.25) is 0 Å². The number of pyridine rings is 2. The summed E-state index contributed by atoms with van der Waals surface area (Å²) in [5, 5.41) is 0. The van der Waals surface area contributed by atoms with E-state index in [0.29, 0.717) is 11.1 Å². The van der Waals surface area contributed by atoms with Gasteiger partial charge in [0.15, 0.2) is 5.69 Å². The third-order valence-corrected chi connectivity index (χ3v) is 2.22. The maximum Gasteiger partial charge on any atom is 0.357 e. The fraction of sp³-hybridized carbons (Fsp3) is 0.0833. The second-order valence-electron chi connectivity index (χ2n) is 3.28. The summed E-state index contributed by atoms with van der Waals surface area (Å²) in [6.45, 7) is 0. The molecule has 0 unspecified atom stereocenters. The number of hydrogen-bond donors (Lipinski definition) is 0. The lowest BCUT2D eigenvalue weighted by molar-refractivity contribution is 0.0595. The molecule has 0 aliphatic rings. The highest BCUT2D eigenvalue weighted by atomic mass is 19.1. The average molecular weight is 232 g/mol. The highest BCUT2D eigenvalue weighted by Gasteiger charge is 2.15. The first-order chi connectivity index (χ1) is 8.22. The van der Waals surface area contributed by atoms with Gasteiger partial charge in [0.2, 0.25) is 0 Å². The Morgan fingerprint density at radius 1 is 1.35 bits per heavy atom. The lowest BCUT2D eigenvalue weighted by Gasteiger charge is -2.06. The molecule has 0 aliphatic heterocycles. The molecule has 86 valence electrons. The second-order valence-corrected chi connectivity index (χ2v) is 3.28. The van der Waals surface area contributed by atoms with E-state index in [-0.39, 0.29) is 5.69 Å². The molecular weight excluding hydrogens is 223 g/mol. The van der Waals surface area contributed by atoms with E-state index in [1.807, 2.05) is 0 Å². The zero-order chi connectivity index (χ0) is 12.3. The van der Waals surface area contributed by atoms with E-state index in [4.69, 9.17) is 0 Å². The minimum atomic E-state index is -0.600. The molecule has 0 saturated heterocycles. The average Bonchev–Trinajstić information content (AvgIpc) is 2.39. The molecule has 2 aromatic heterocycles. The fourth-order valence-corrected chi connectivity index (χ4v) is 1.45. The van der Waals surface area contributed by atoms with Gasteiger partial charge in [-0.3, -0.25) is 4.98 Å². The molecule has 0 aliphatic carbocycles. The van der Waals surface area contributed by atoms with Crippen molar-refractivity contribution in [3.8, 4) is 11.1 Å². The van der Waals surface area contributed by atoms with Crippen molar-refractivity contribution >= 4 is 5.97 Å². The summed E-state index contributed by atoms with van der Waals surface area (Å²) < 4.78 is 17.8. The van der Waals surface area contributed by atoms with Crippen LogP contribution in [0.5, 0.6) is 0 Å². The molecule has 0 fully saturated rings. The standard InChI is InChI=1S/C12H9FN2O2/c1-17-12(16)11-10(6-9(13)7-15-11)8-2-4-14-5-3-8/h2-7H,1H3. The Labute approximate surface area is 97.1 Å². The van der Waals surface area contributed by atoms with E-state index >= 15 is 0 Å². The van der Waals surface area contributed by atoms with Crippen molar-refractivity contribution in [2.24, 2.45) is 0 Å². The fourth-order valence-electron chi connectivity index (χ4n) is 1.45. The number of ether oxygens (including phenoxy) is 1. The zero-order valence-electron chi connectivity index (χ0n) is 9.05. The number of hydrogen-bond acceptors (Lipinski definition) is 4. The first-order valence-electron chi connectivity index (χ1n) is 4.86. The third-order valence-electron chi connectivity index (χ3n) is 2.22. The van der Waals surface area contributed by atoms with Crippen LogP contribution < -0.4 is 0 Å². The number of methoxy groups -OCH3 is 1. The Morgan fingerprint density at radius 2 is 2.06 bits per heavy atom. The summed E-state index contributed by atoms with van der Waals surface area (Å²) in [5.74, 6) is -1.11. The molecule has 0 atom stereocenters. The predicted octanol–water partition coefficient (Wildman–Crippen LogP) is 2.07. The van der Waals surface area contributed by atoms with Crippen molar-refractivity contribution in [3.63, 3.8) is 0 Å². The number of aromatic nitrogens is 2. The van der Waals surface area contributed by atoms with Crippen LogP contribution in [0.4, 0.5) is 4.39 Å². The molecule has 2 heterocycles. The van der Waals surface area contributed by atoms with Gasteiger partial charge in [0.25, 0.3) is 0 Å². The van der Waals surface area contributed by atoms with Gasteiger partial charge < -0.3 is 4.74 Å². The lowest BCUT2D eigenvalue weighted by Crippen LogP contribution is -2.07. The molecule has 5 heteroatoms. The molecule has 4 nitrogen and oxygen atoms in total. The van der Waals surface area contributed by atoms with Gasteiger partial charge >= 0.3 is 5.97 Å². The van der Waals surface area contributed by atoms with Crippen LogP contribution in [0, 0.1) is 5.82 Å². The van der Waals surface area contributed by atoms with Gasteiger partial charge in [0.05, 0.1) is 13.3 Å². The van der Waals surface area contributed by atoms with Gasteiger partial charge in [-0.05, 0) is 23.8 Å². The van der Waals surface area contributed by atoms with Gasteiger partial charge in [-0.15, -0.1) is 0 Å². The number of rotatable bonds is 2. The molecule has 0 spiro atoms. The van der Waals surface area contributed by atoms with Crippen LogP contribution >= 0.6 is 0 Å². The largest absolute Gasteiger partial charge is 0.464 e. The molecule has 2 rings (SSSR count). The summed E-state index contributed by atoms with van der Waals surface area (Å²) in [6, 6.07) is 4.58. The van der Waals surface area contributed by atoms with Gasteiger partial charge in [0, 0.05) is 18.0 Å². The third kappa shape index (κ3) is 2.28. The summed E-state index contributed by atoms with van der Waals surface area (Å²) in [6.07, 6.45) is 4.10. The van der Waals surface area contributed by atoms with Crippen molar-refractivity contribution in [1.29, 1.82) is 0 Å². The molecule has 0 aromatic carbocycles. The lowest BCUT2D eigenvalue weighted by atomic mass is 10.1. The van der Waals surface area contributed by atoms with Gasteiger partial charge in [-0.1, -0.05) is 0 Å². The molecule has 0 amide bonds. The van der Waals surface area contributed by atoms with Gasteiger partial charge in [-0.25, -0.2) is 14.2 Å². The monoisotopic (exact) mass is 232 g/mol. The van der Waals surface area contributed by atoms with Crippen LogP contribution in [0.15, 0.2) is 36.8 Å². The summed E-state index contributed by atoms with van der Waals surface area (Å²) in [5.41, 5.74) is 1.13. The van der Waals surface area contributed by atoms with Crippen molar-refractivity contribution in [2.75, 3.05) is 7.11 Å².